The Morgan fingerprint density at radius 3 is 2.71 bits per heavy atom. The highest BCUT2D eigenvalue weighted by molar-refractivity contribution is 7.99. The number of nitrogens with zero attached hydrogens (tertiary/aromatic N) is 4. The van der Waals surface area contributed by atoms with E-state index in [9.17, 15) is 9.90 Å². The third kappa shape index (κ3) is 3.95. The van der Waals surface area contributed by atoms with Gasteiger partial charge in [0.1, 0.15) is 16.3 Å². The number of hydrogen-bond acceptors (Lipinski definition) is 9. The van der Waals surface area contributed by atoms with Crippen LogP contribution in [0.15, 0.2) is 22.2 Å². The van der Waals surface area contributed by atoms with Gasteiger partial charge in [-0.05, 0) is 63.9 Å². The van der Waals surface area contributed by atoms with E-state index < -0.39 is 5.54 Å². The largest absolute Gasteiger partial charge is 0.390 e. The normalized spacial score (nSPS) is 24.1. The molecule has 10 heteroatoms. The van der Waals surface area contributed by atoms with E-state index in [0.29, 0.717) is 23.3 Å². The lowest BCUT2D eigenvalue weighted by atomic mass is 9.75. The Morgan fingerprint density at radius 1 is 1.26 bits per heavy atom. The number of anilines is 3. The Bertz CT molecular complexity index is 1160. The molecule has 3 aliphatic heterocycles. The number of aryl methyl sites for hydroxylation is 1. The number of aliphatic hydroxyl groups excluding tert-OH is 1. The Labute approximate surface area is 209 Å². The average molecular weight is 497 g/mol. The standard InChI is InChI=1S/C25H32N6O3S/c1-15-12-24(14-34-15)7-10-31(11-8-24)21-17(13-32)28-22(16(2)27-21)35-18-4-9-26-20-19(18)29-23(33)25(30-20)5-3-6-25/h4,9,15,32H,3,5-8,10-14H2,1-2H3,(H,26,30)(H,29,33)/t15-/m0/s1. The molecule has 1 amide bonds. The van der Waals surface area contributed by atoms with Gasteiger partial charge < -0.3 is 25.4 Å². The summed E-state index contributed by atoms with van der Waals surface area (Å²) in [6, 6.07) is 1.88. The van der Waals surface area contributed by atoms with Crippen molar-refractivity contribution in [2.45, 2.75) is 80.5 Å². The number of carbonyl (C=O) groups excluding carboxylic acids is 1. The molecule has 2 aromatic heterocycles. The molecular weight excluding hydrogens is 464 g/mol. The van der Waals surface area contributed by atoms with E-state index >= 15 is 0 Å². The summed E-state index contributed by atoms with van der Waals surface area (Å²) in [5.74, 6) is 1.48. The molecule has 5 heterocycles. The zero-order valence-electron chi connectivity index (χ0n) is 20.3. The molecule has 1 atom stereocenters. The van der Waals surface area contributed by atoms with Crippen LogP contribution in [0, 0.1) is 12.3 Å². The first-order chi connectivity index (χ1) is 16.9. The summed E-state index contributed by atoms with van der Waals surface area (Å²) in [6.07, 6.45) is 8.04. The van der Waals surface area contributed by atoms with Crippen molar-refractivity contribution in [3.63, 3.8) is 0 Å². The molecule has 3 N–H and O–H groups in total. The minimum Gasteiger partial charge on any atom is -0.390 e. The average Bonchev–Trinajstić information content (AvgIpc) is 3.19. The number of nitrogens with one attached hydrogen (secondary N) is 2. The molecule has 2 aromatic rings. The molecule has 0 bridgehead atoms. The number of aromatic nitrogens is 3. The van der Waals surface area contributed by atoms with E-state index in [1.54, 1.807) is 6.20 Å². The number of piperidine rings is 1. The van der Waals surface area contributed by atoms with Crippen LogP contribution in [0.2, 0.25) is 0 Å². The second-order valence-corrected chi connectivity index (χ2v) is 11.5. The Kier molecular flexibility index (Phi) is 5.65. The van der Waals surface area contributed by atoms with Crippen LogP contribution in [0.1, 0.15) is 56.8 Å². The minimum absolute atomic E-state index is 0.00484. The van der Waals surface area contributed by atoms with Crippen LogP contribution < -0.4 is 15.5 Å². The number of carbonyl (C=O) groups is 1. The zero-order valence-corrected chi connectivity index (χ0v) is 21.1. The van der Waals surface area contributed by atoms with E-state index in [1.807, 2.05) is 13.0 Å². The van der Waals surface area contributed by atoms with Crippen molar-refractivity contribution in [1.29, 1.82) is 0 Å². The topological polar surface area (TPSA) is 112 Å². The van der Waals surface area contributed by atoms with Crippen molar-refractivity contribution in [2.75, 3.05) is 35.2 Å². The number of amides is 1. The fourth-order valence-electron chi connectivity index (χ4n) is 5.82. The highest BCUT2D eigenvalue weighted by Gasteiger charge is 2.48. The lowest BCUT2D eigenvalue weighted by Crippen LogP contribution is -2.57. The van der Waals surface area contributed by atoms with Crippen molar-refractivity contribution in [3.8, 4) is 0 Å². The van der Waals surface area contributed by atoms with Gasteiger partial charge in [0.05, 0.1) is 30.7 Å². The molecule has 2 spiro atoms. The number of pyridine rings is 1. The number of fused-ring (bicyclic) bond motifs is 1. The second kappa shape index (κ2) is 8.60. The van der Waals surface area contributed by atoms with Gasteiger partial charge in [-0.3, -0.25) is 4.79 Å². The summed E-state index contributed by atoms with van der Waals surface area (Å²) in [6.45, 7) is 6.56. The van der Waals surface area contributed by atoms with Crippen LogP contribution in [0.3, 0.4) is 0 Å². The van der Waals surface area contributed by atoms with Crippen molar-refractivity contribution in [3.05, 3.63) is 23.7 Å². The molecule has 186 valence electrons. The third-order valence-electron chi connectivity index (χ3n) is 8.10. The van der Waals surface area contributed by atoms with Gasteiger partial charge in [0.15, 0.2) is 11.6 Å². The van der Waals surface area contributed by atoms with Crippen LogP contribution >= 0.6 is 11.8 Å². The van der Waals surface area contributed by atoms with E-state index in [4.69, 9.17) is 14.7 Å². The van der Waals surface area contributed by atoms with Crippen LogP contribution in [-0.2, 0) is 16.1 Å². The first-order valence-electron chi connectivity index (χ1n) is 12.5. The van der Waals surface area contributed by atoms with Gasteiger partial charge in [0, 0.05) is 24.2 Å². The van der Waals surface area contributed by atoms with E-state index in [2.05, 4.69) is 27.4 Å². The van der Waals surface area contributed by atoms with Gasteiger partial charge in [-0.15, -0.1) is 0 Å². The van der Waals surface area contributed by atoms with Gasteiger partial charge in [-0.25, -0.2) is 15.0 Å². The number of hydrogen-bond donors (Lipinski definition) is 3. The number of ether oxygens (including phenoxy) is 1. The molecular formula is C25H32N6O3S. The molecule has 2 saturated heterocycles. The molecule has 0 aromatic carbocycles. The van der Waals surface area contributed by atoms with Crippen molar-refractivity contribution < 1.29 is 14.6 Å². The molecule has 4 aliphatic rings. The maximum Gasteiger partial charge on any atom is 0.250 e. The quantitative estimate of drug-likeness (QED) is 0.585. The van der Waals surface area contributed by atoms with Gasteiger partial charge >= 0.3 is 0 Å². The van der Waals surface area contributed by atoms with Gasteiger partial charge in [-0.1, -0.05) is 11.8 Å². The zero-order chi connectivity index (χ0) is 24.2. The van der Waals surface area contributed by atoms with Crippen LogP contribution in [0.5, 0.6) is 0 Å². The van der Waals surface area contributed by atoms with Crippen LogP contribution in [0.25, 0.3) is 0 Å². The van der Waals surface area contributed by atoms with Gasteiger partial charge in [0.2, 0.25) is 5.91 Å². The van der Waals surface area contributed by atoms with Crippen molar-refractivity contribution in [2.24, 2.45) is 5.41 Å². The Balaban J connectivity index is 1.23. The van der Waals surface area contributed by atoms with Crippen molar-refractivity contribution >= 4 is 35.0 Å². The maximum atomic E-state index is 12.8. The third-order valence-corrected chi connectivity index (χ3v) is 9.24. The highest BCUT2D eigenvalue weighted by Crippen LogP contribution is 2.46. The van der Waals surface area contributed by atoms with Crippen LogP contribution in [0.4, 0.5) is 17.3 Å². The summed E-state index contributed by atoms with van der Waals surface area (Å²) < 4.78 is 5.87. The maximum absolute atomic E-state index is 12.8. The van der Waals surface area contributed by atoms with E-state index in [1.165, 1.54) is 11.8 Å². The number of rotatable bonds is 4. The lowest BCUT2D eigenvalue weighted by Gasteiger charge is -2.44. The fourth-order valence-corrected chi connectivity index (χ4v) is 6.75. The van der Waals surface area contributed by atoms with Crippen LogP contribution in [-0.4, -0.2) is 57.3 Å². The smallest absolute Gasteiger partial charge is 0.250 e. The summed E-state index contributed by atoms with van der Waals surface area (Å²) in [5.41, 5.74) is 1.84. The summed E-state index contributed by atoms with van der Waals surface area (Å²) in [7, 11) is 0. The Hall–Kier alpha value is -2.43. The van der Waals surface area contributed by atoms with E-state index in [-0.39, 0.29) is 17.9 Å². The second-order valence-electron chi connectivity index (χ2n) is 10.5. The van der Waals surface area contributed by atoms with E-state index in [0.717, 1.165) is 79.7 Å². The van der Waals surface area contributed by atoms with Gasteiger partial charge in [-0.2, -0.15) is 0 Å². The SMILES string of the molecule is Cc1nc(N2CCC3(CC2)CO[C@@H](C)C3)c(CO)nc1Sc1ccnc2c1NC(=O)C1(CCC1)N2. The first-order valence-corrected chi connectivity index (χ1v) is 13.3. The molecule has 1 aliphatic carbocycles. The molecule has 6 rings (SSSR count). The summed E-state index contributed by atoms with van der Waals surface area (Å²) >= 11 is 1.44. The fraction of sp³-hybridized carbons (Fsp3) is 0.600. The first kappa shape index (κ1) is 23.0. The lowest BCUT2D eigenvalue weighted by molar-refractivity contribution is -0.123. The summed E-state index contributed by atoms with van der Waals surface area (Å²) in [5, 5.41) is 17.3. The predicted molar refractivity (Wildman–Crippen MR) is 134 cm³/mol. The molecule has 1 saturated carbocycles. The molecule has 9 nitrogen and oxygen atoms in total. The molecule has 35 heavy (non-hydrogen) atoms. The number of aliphatic hydroxyl groups is 1. The minimum atomic E-state index is -0.513. The predicted octanol–water partition coefficient (Wildman–Crippen LogP) is 3.51. The molecule has 3 fully saturated rings. The van der Waals surface area contributed by atoms with Crippen molar-refractivity contribution in [1.82, 2.24) is 15.0 Å². The monoisotopic (exact) mass is 496 g/mol. The molecule has 0 radical (unpaired) electrons. The molecule has 0 unspecified atom stereocenters. The Morgan fingerprint density at radius 2 is 2.06 bits per heavy atom. The van der Waals surface area contributed by atoms with Gasteiger partial charge in [0.25, 0.3) is 0 Å². The summed E-state index contributed by atoms with van der Waals surface area (Å²) in [4.78, 5) is 30.1. The highest BCUT2D eigenvalue weighted by atomic mass is 32.2.